The zero-order valence-electron chi connectivity index (χ0n) is 15.7. The maximum Gasteiger partial charge on any atom is 0.289 e. The van der Waals surface area contributed by atoms with Crippen LogP contribution in [0.15, 0.2) is 45.8 Å². The number of nitrogens with one attached hydrogen (secondary N) is 1. The molecule has 0 radical (unpaired) electrons. The molecule has 10 heteroatoms. The summed E-state index contributed by atoms with van der Waals surface area (Å²) in [7, 11) is 0. The van der Waals surface area contributed by atoms with E-state index >= 15 is 0 Å². The minimum absolute atomic E-state index is 0.0408. The third-order valence-electron chi connectivity index (χ3n) is 4.68. The van der Waals surface area contributed by atoms with E-state index in [0.717, 1.165) is 0 Å². The number of nitrogens with zero attached hydrogens (tertiary/aromatic N) is 5. The first-order chi connectivity index (χ1) is 14.2. The molecule has 3 aromatic heterocycles. The van der Waals surface area contributed by atoms with E-state index in [-0.39, 0.29) is 24.3 Å². The largest absolute Gasteiger partial charge is 0.459 e. The second-order valence-electron chi connectivity index (χ2n) is 6.70. The van der Waals surface area contributed by atoms with Gasteiger partial charge >= 0.3 is 0 Å². The fraction of sp³-hybridized carbons (Fsp3) is 0.368. The fourth-order valence-corrected chi connectivity index (χ4v) is 3.17. The van der Waals surface area contributed by atoms with E-state index in [0.29, 0.717) is 55.7 Å². The third-order valence-corrected chi connectivity index (χ3v) is 4.68. The van der Waals surface area contributed by atoms with Crippen LogP contribution in [0.4, 0.5) is 0 Å². The van der Waals surface area contributed by atoms with Crippen molar-refractivity contribution in [3.63, 3.8) is 0 Å². The zero-order chi connectivity index (χ0) is 20.1. The van der Waals surface area contributed by atoms with E-state index < -0.39 is 0 Å². The van der Waals surface area contributed by atoms with Gasteiger partial charge in [-0.25, -0.2) is 9.97 Å². The molecule has 4 rings (SSSR count). The van der Waals surface area contributed by atoms with Gasteiger partial charge in [0.25, 0.3) is 5.91 Å². The van der Waals surface area contributed by atoms with Crippen LogP contribution in [0, 0.1) is 0 Å². The number of carbonyl (C=O) groups is 2. The molecule has 150 valence electrons. The van der Waals surface area contributed by atoms with Crippen LogP contribution in [0.2, 0.25) is 0 Å². The van der Waals surface area contributed by atoms with E-state index in [1.165, 1.54) is 6.26 Å². The molecule has 0 atom stereocenters. The van der Waals surface area contributed by atoms with Gasteiger partial charge in [0.05, 0.1) is 6.26 Å². The number of carbonyl (C=O) groups excluding carboxylic acids is 2. The first-order valence-corrected chi connectivity index (χ1v) is 9.41. The maximum atomic E-state index is 12.3. The molecule has 4 heterocycles. The number of aromatic nitrogens is 4. The van der Waals surface area contributed by atoms with Gasteiger partial charge in [-0.2, -0.15) is 4.98 Å². The Kier molecular flexibility index (Phi) is 5.59. The van der Waals surface area contributed by atoms with Crippen molar-refractivity contribution in [3.8, 4) is 11.6 Å². The third kappa shape index (κ3) is 4.65. The van der Waals surface area contributed by atoms with Gasteiger partial charge in [-0.15, -0.1) is 0 Å². The van der Waals surface area contributed by atoms with Crippen LogP contribution in [0.1, 0.15) is 35.7 Å². The molecule has 0 aliphatic carbocycles. The molecular formula is C19H20N6O4. The number of furan rings is 1. The zero-order valence-corrected chi connectivity index (χ0v) is 15.7. The molecule has 0 unspecified atom stereocenters. The standard InChI is InChI=1S/C19H20N6O4/c26-15(4-5-16-23-18(24-29-16)17-20-8-2-9-21-17)22-13-6-10-25(11-7-13)19(27)14-3-1-12-28-14/h1-3,8-9,12-13H,4-7,10-11H2,(H,22,26). The average molecular weight is 396 g/mol. The lowest BCUT2D eigenvalue weighted by molar-refractivity contribution is -0.122. The van der Waals surface area contributed by atoms with E-state index in [1.54, 1.807) is 35.5 Å². The van der Waals surface area contributed by atoms with Crippen LogP contribution < -0.4 is 5.32 Å². The normalized spacial score (nSPS) is 14.7. The van der Waals surface area contributed by atoms with E-state index in [4.69, 9.17) is 8.94 Å². The minimum Gasteiger partial charge on any atom is -0.459 e. The maximum absolute atomic E-state index is 12.3. The number of hydrogen-bond acceptors (Lipinski definition) is 8. The Labute approximate surface area is 166 Å². The molecule has 1 N–H and O–H groups in total. The van der Waals surface area contributed by atoms with E-state index in [9.17, 15) is 9.59 Å². The van der Waals surface area contributed by atoms with Crippen molar-refractivity contribution < 1.29 is 18.5 Å². The van der Waals surface area contributed by atoms with Gasteiger partial charge in [-0.05, 0) is 31.0 Å². The lowest BCUT2D eigenvalue weighted by Gasteiger charge is -2.31. The summed E-state index contributed by atoms with van der Waals surface area (Å²) < 4.78 is 10.3. The smallest absolute Gasteiger partial charge is 0.289 e. The highest BCUT2D eigenvalue weighted by Crippen LogP contribution is 2.15. The molecule has 1 fully saturated rings. The quantitative estimate of drug-likeness (QED) is 0.664. The predicted molar refractivity (Wildman–Crippen MR) is 99.4 cm³/mol. The Bertz CT molecular complexity index is 948. The Morgan fingerprint density at radius 1 is 1.14 bits per heavy atom. The Hall–Kier alpha value is -3.56. The van der Waals surface area contributed by atoms with Crippen molar-refractivity contribution in [1.29, 1.82) is 0 Å². The highest BCUT2D eigenvalue weighted by atomic mass is 16.5. The van der Waals surface area contributed by atoms with Crippen LogP contribution in [-0.2, 0) is 11.2 Å². The summed E-state index contributed by atoms with van der Waals surface area (Å²) >= 11 is 0. The van der Waals surface area contributed by atoms with Gasteiger partial charge < -0.3 is 19.2 Å². The highest BCUT2D eigenvalue weighted by Gasteiger charge is 2.25. The van der Waals surface area contributed by atoms with Crippen molar-refractivity contribution in [2.75, 3.05) is 13.1 Å². The number of amides is 2. The summed E-state index contributed by atoms with van der Waals surface area (Å²) in [4.78, 5) is 38.6. The van der Waals surface area contributed by atoms with Gasteiger partial charge in [0.15, 0.2) is 5.76 Å². The molecule has 1 aliphatic heterocycles. The minimum atomic E-state index is -0.116. The lowest BCUT2D eigenvalue weighted by atomic mass is 10.0. The van der Waals surface area contributed by atoms with Crippen molar-refractivity contribution in [3.05, 3.63) is 48.5 Å². The van der Waals surface area contributed by atoms with Crippen LogP contribution in [0.25, 0.3) is 11.6 Å². The van der Waals surface area contributed by atoms with Gasteiger partial charge in [-0.3, -0.25) is 9.59 Å². The monoisotopic (exact) mass is 396 g/mol. The Morgan fingerprint density at radius 2 is 1.93 bits per heavy atom. The number of aryl methyl sites for hydroxylation is 1. The van der Waals surface area contributed by atoms with Gasteiger partial charge in [-0.1, -0.05) is 5.16 Å². The molecule has 1 aliphatic rings. The van der Waals surface area contributed by atoms with Crippen LogP contribution in [0.5, 0.6) is 0 Å². The summed E-state index contributed by atoms with van der Waals surface area (Å²) in [6.07, 6.45) is 6.66. The first kappa shape index (κ1) is 18.8. The number of piperidine rings is 1. The number of likely N-dealkylation sites (tertiary alicyclic amines) is 1. The van der Waals surface area contributed by atoms with Crippen molar-refractivity contribution >= 4 is 11.8 Å². The van der Waals surface area contributed by atoms with Crippen LogP contribution >= 0.6 is 0 Å². The molecule has 0 bridgehead atoms. The van der Waals surface area contributed by atoms with Gasteiger partial charge in [0, 0.05) is 44.4 Å². The molecule has 0 saturated carbocycles. The molecule has 1 saturated heterocycles. The second kappa shape index (κ2) is 8.63. The summed E-state index contributed by atoms with van der Waals surface area (Å²) in [5.41, 5.74) is 0. The molecule has 29 heavy (non-hydrogen) atoms. The van der Waals surface area contributed by atoms with Gasteiger partial charge in [0.2, 0.25) is 23.4 Å². The fourth-order valence-electron chi connectivity index (χ4n) is 3.17. The Morgan fingerprint density at radius 3 is 2.66 bits per heavy atom. The topological polar surface area (TPSA) is 127 Å². The summed E-state index contributed by atoms with van der Waals surface area (Å²) in [5.74, 6) is 1.18. The molecule has 3 aromatic rings. The molecular weight excluding hydrogens is 376 g/mol. The molecule has 2 amide bonds. The average Bonchev–Trinajstić information content (AvgIpc) is 3.45. The lowest BCUT2D eigenvalue weighted by Crippen LogP contribution is -2.46. The highest BCUT2D eigenvalue weighted by molar-refractivity contribution is 5.91. The summed E-state index contributed by atoms with van der Waals surface area (Å²) in [6, 6.07) is 5.09. The second-order valence-corrected chi connectivity index (χ2v) is 6.70. The SMILES string of the molecule is O=C(CCc1nc(-c2ncccn2)no1)NC1CCN(C(=O)c2ccco2)CC1. The first-order valence-electron chi connectivity index (χ1n) is 9.41. The van der Waals surface area contributed by atoms with Crippen LogP contribution in [-0.4, -0.2) is 56.0 Å². The Balaban J connectivity index is 1.21. The van der Waals surface area contributed by atoms with E-state index in [2.05, 4.69) is 25.4 Å². The molecule has 10 nitrogen and oxygen atoms in total. The van der Waals surface area contributed by atoms with Crippen LogP contribution in [0.3, 0.4) is 0 Å². The van der Waals surface area contributed by atoms with Crippen molar-refractivity contribution in [1.82, 2.24) is 30.3 Å². The number of hydrogen-bond donors (Lipinski definition) is 1. The molecule has 0 spiro atoms. The van der Waals surface area contributed by atoms with E-state index in [1.807, 2.05) is 0 Å². The predicted octanol–water partition coefficient (Wildman–Crippen LogP) is 1.47. The van der Waals surface area contributed by atoms with Crippen molar-refractivity contribution in [2.24, 2.45) is 0 Å². The summed E-state index contributed by atoms with van der Waals surface area (Å²) in [6.45, 7) is 1.16. The van der Waals surface area contributed by atoms with Gasteiger partial charge in [0.1, 0.15) is 0 Å². The molecule has 0 aromatic carbocycles. The van der Waals surface area contributed by atoms with Crippen molar-refractivity contribution in [2.45, 2.75) is 31.7 Å². The summed E-state index contributed by atoms with van der Waals surface area (Å²) in [5, 5.41) is 6.84. The number of rotatable bonds is 6.